The highest BCUT2D eigenvalue weighted by Gasteiger charge is 2.36. The van der Waals surface area contributed by atoms with E-state index < -0.39 is 21.8 Å². The second-order valence-electron chi connectivity index (χ2n) is 5.58. The van der Waals surface area contributed by atoms with Crippen LogP contribution in [0.4, 0.5) is 10.1 Å². The number of carbonyl (C=O) groups excluding carboxylic acids is 2. The number of rotatable bonds is 4. The molecular formula is C17H15FN2O4S. The van der Waals surface area contributed by atoms with Crippen LogP contribution in [0, 0.1) is 5.82 Å². The molecule has 8 heteroatoms. The van der Waals surface area contributed by atoms with Gasteiger partial charge in [-0.2, -0.15) is 0 Å². The molecule has 0 bridgehead atoms. The molecule has 1 fully saturated rings. The average molecular weight is 362 g/mol. The van der Waals surface area contributed by atoms with Crippen LogP contribution < -0.4 is 9.62 Å². The molecule has 1 aliphatic heterocycles. The van der Waals surface area contributed by atoms with E-state index in [0.29, 0.717) is 0 Å². The third-order valence-corrected chi connectivity index (χ3v) is 5.48. The van der Waals surface area contributed by atoms with Crippen molar-refractivity contribution in [1.29, 1.82) is 0 Å². The van der Waals surface area contributed by atoms with Crippen LogP contribution in [0.2, 0.25) is 0 Å². The third kappa shape index (κ3) is 3.69. The van der Waals surface area contributed by atoms with Crippen molar-refractivity contribution in [3.63, 3.8) is 0 Å². The summed E-state index contributed by atoms with van der Waals surface area (Å²) in [6.07, 6.45) is -0.0661. The molecule has 0 spiro atoms. The summed E-state index contributed by atoms with van der Waals surface area (Å²) in [5.74, 6) is -1.52. The van der Waals surface area contributed by atoms with Crippen molar-refractivity contribution < 1.29 is 22.4 Å². The van der Waals surface area contributed by atoms with Gasteiger partial charge < -0.3 is 5.32 Å². The van der Waals surface area contributed by atoms with Crippen LogP contribution >= 0.6 is 0 Å². The Labute approximate surface area is 144 Å². The zero-order valence-corrected chi connectivity index (χ0v) is 13.9. The molecule has 0 atom stereocenters. The fourth-order valence-electron chi connectivity index (χ4n) is 2.53. The van der Waals surface area contributed by atoms with Crippen molar-refractivity contribution in [3.8, 4) is 0 Å². The first kappa shape index (κ1) is 17.1. The minimum atomic E-state index is -3.67. The van der Waals surface area contributed by atoms with Crippen LogP contribution in [0.3, 0.4) is 0 Å². The van der Waals surface area contributed by atoms with Gasteiger partial charge in [0, 0.05) is 18.5 Å². The standard InChI is InChI=1S/C17H15FN2O4S/c18-14-6-4-12(5-7-14)11-19-17(22)13-2-1-3-15(10-13)20-16(21)8-9-25(20,23)24/h1-7,10H,8-9,11H2,(H,19,22). The SMILES string of the molecule is O=C(NCc1ccc(F)cc1)c1cccc(N2C(=O)CCS2(=O)=O)c1. The summed E-state index contributed by atoms with van der Waals surface area (Å²) < 4.78 is 37.5. The number of nitrogens with zero attached hydrogens (tertiary/aromatic N) is 1. The molecule has 2 aromatic rings. The van der Waals surface area contributed by atoms with Gasteiger partial charge in [-0.25, -0.2) is 17.1 Å². The number of benzene rings is 2. The Morgan fingerprint density at radius 2 is 1.88 bits per heavy atom. The molecule has 2 aromatic carbocycles. The number of anilines is 1. The normalized spacial score (nSPS) is 16.0. The fourth-order valence-corrected chi connectivity index (χ4v) is 3.98. The first-order valence-corrected chi connectivity index (χ1v) is 9.16. The van der Waals surface area contributed by atoms with E-state index in [1.54, 1.807) is 12.1 Å². The summed E-state index contributed by atoms with van der Waals surface area (Å²) in [7, 11) is -3.67. The molecule has 1 N–H and O–H groups in total. The maximum absolute atomic E-state index is 12.9. The van der Waals surface area contributed by atoms with Gasteiger partial charge >= 0.3 is 0 Å². The zero-order valence-electron chi connectivity index (χ0n) is 13.1. The van der Waals surface area contributed by atoms with Gasteiger partial charge in [-0.05, 0) is 35.9 Å². The van der Waals surface area contributed by atoms with Crippen LogP contribution in [0.1, 0.15) is 22.3 Å². The molecule has 1 aliphatic rings. The number of halogens is 1. The van der Waals surface area contributed by atoms with Gasteiger partial charge in [0.15, 0.2) is 0 Å². The zero-order chi connectivity index (χ0) is 18.0. The first-order valence-electron chi connectivity index (χ1n) is 7.55. The Morgan fingerprint density at radius 1 is 1.16 bits per heavy atom. The summed E-state index contributed by atoms with van der Waals surface area (Å²) in [4.78, 5) is 24.1. The second-order valence-corrected chi connectivity index (χ2v) is 7.52. The molecule has 0 saturated carbocycles. The van der Waals surface area contributed by atoms with Gasteiger partial charge in [0.2, 0.25) is 15.9 Å². The highest BCUT2D eigenvalue weighted by molar-refractivity contribution is 7.94. The molecule has 3 rings (SSSR count). The van der Waals surface area contributed by atoms with Gasteiger partial charge in [-0.3, -0.25) is 9.59 Å². The minimum Gasteiger partial charge on any atom is -0.348 e. The van der Waals surface area contributed by atoms with Crippen LogP contribution in [-0.2, 0) is 21.4 Å². The van der Waals surface area contributed by atoms with E-state index in [0.717, 1.165) is 9.87 Å². The van der Waals surface area contributed by atoms with E-state index >= 15 is 0 Å². The van der Waals surface area contributed by atoms with Crippen LogP contribution in [-0.4, -0.2) is 26.0 Å². The number of amides is 2. The largest absolute Gasteiger partial charge is 0.348 e. The minimum absolute atomic E-state index is 0.0661. The molecule has 0 radical (unpaired) electrons. The van der Waals surface area contributed by atoms with E-state index in [9.17, 15) is 22.4 Å². The van der Waals surface area contributed by atoms with Crippen molar-refractivity contribution in [2.45, 2.75) is 13.0 Å². The number of sulfonamides is 1. The summed E-state index contributed by atoms with van der Waals surface area (Å²) in [6, 6.07) is 11.6. The summed E-state index contributed by atoms with van der Waals surface area (Å²) >= 11 is 0. The van der Waals surface area contributed by atoms with Gasteiger partial charge in [0.25, 0.3) is 5.91 Å². The molecule has 0 aliphatic carbocycles. The Morgan fingerprint density at radius 3 is 2.52 bits per heavy atom. The molecule has 25 heavy (non-hydrogen) atoms. The van der Waals surface area contributed by atoms with E-state index in [2.05, 4.69) is 5.32 Å². The van der Waals surface area contributed by atoms with Gasteiger partial charge in [0.1, 0.15) is 5.82 Å². The highest BCUT2D eigenvalue weighted by atomic mass is 32.2. The van der Waals surface area contributed by atoms with E-state index in [4.69, 9.17) is 0 Å². The predicted octanol–water partition coefficient (Wildman–Crippen LogP) is 1.82. The predicted molar refractivity (Wildman–Crippen MR) is 89.9 cm³/mol. The molecule has 6 nitrogen and oxygen atoms in total. The third-order valence-electron chi connectivity index (χ3n) is 3.79. The van der Waals surface area contributed by atoms with Crippen LogP contribution in [0.25, 0.3) is 0 Å². The second kappa shape index (κ2) is 6.64. The topological polar surface area (TPSA) is 83.6 Å². The Bertz CT molecular complexity index is 926. The molecule has 130 valence electrons. The highest BCUT2D eigenvalue weighted by Crippen LogP contribution is 2.25. The lowest BCUT2D eigenvalue weighted by Gasteiger charge is -2.15. The number of nitrogens with one attached hydrogen (secondary N) is 1. The maximum Gasteiger partial charge on any atom is 0.251 e. The lowest BCUT2D eigenvalue weighted by molar-refractivity contribution is -0.116. The van der Waals surface area contributed by atoms with Crippen molar-refractivity contribution in [1.82, 2.24) is 5.32 Å². The van der Waals surface area contributed by atoms with Crippen LogP contribution in [0.5, 0.6) is 0 Å². The maximum atomic E-state index is 12.9. The first-order chi connectivity index (χ1) is 11.9. The van der Waals surface area contributed by atoms with Gasteiger partial charge in [-0.1, -0.05) is 18.2 Å². The number of carbonyl (C=O) groups is 2. The smallest absolute Gasteiger partial charge is 0.251 e. The lowest BCUT2D eigenvalue weighted by atomic mass is 10.1. The summed E-state index contributed by atoms with van der Waals surface area (Å²) in [5.41, 5.74) is 1.11. The molecule has 0 unspecified atom stereocenters. The van der Waals surface area contributed by atoms with E-state index in [1.165, 1.54) is 36.4 Å². The Hall–Kier alpha value is -2.74. The number of hydrogen-bond donors (Lipinski definition) is 1. The molecule has 1 saturated heterocycles. The quantitative estimate of drug-likeness (QED) is 0.899. The van der Waals surface area contributed by atoms with Crippen molar-refractivity contribution >= 4 is 27.5 Å². The fraction of sp³-hybridized carbons (Fsp3) is 0.176. The molecular weight excluding hydrogens is 347 g/mol. The van der Waals surface area contributed by atoms with E-state index in [-0.39, 0.29) is 35.8 Å². The number of hydrogen-bond acceptors (Lipinski definition) is 4. The van der Waals surface area contributed by atoms with Crippen molar-refractivity contribution in [2.24, 2.45) is 0 Å². The monoisotopic (exact) mass is 362 g/mol. The molecule has 0 aromatic heterocycles. The Balaban J connectivity index is 1.76. The summed E-state index contributed by atoms with van der Waals surface area (Å²) in [6.45, 7) is 0.199. The molecule has 1 heterocycles. The lowest BCUT2D eigenvalue weighted by Crippen LogP contribution is -2.30. The van der Waals surface area contributed by atoms with Crippen LogP contribution in [0.15, 0.2) is 48.5 Å². The van der Waals surface area contributed by atoms with Gasteiger partial charge in [0.05, 0.1) is 11.4 Å². The van der Waals surface area contributed by atoms with E-state index in [1.807, 2.05) is 0 Å². The summed E-state index contributed by atoms with van der Waals surface area (Å²) in [5, 5.41) is 2.67. The van der Waals surface area contributed by atoms with Gasteiger partial charge in [-0.15, -0.1) is 0 Å². The Kier molecular flexibility index (Phi) is 4.54. The van der Waals surface area contributed by atoms with Crippen molar-refractivity contribution in [2.75, 3.05) is 10.1 Å². The average Bonchev–Trinajstić information content (AvgIpc) is 2.87. The van der Waals surface area contributed by atoms with Crippen molar-refractivity contribution in [3.05, 3.63) is 65.5 Å². The molecule has 2 amide bonds.